The molecule has 0 aromatic heterocycles. The number of ether oxygens (including phenoxy) is 1. The van der Waals surface area contributed by atoms with Crippen molar-refractivity contribution in [2.24, 2.45) is 0 Å². The molecule has 0 radical (unpaired) electrons. The molecular weight excluding hydrogens is 291 g/mol. The van der Waals surface area contributed by atoms with Crippen LogP contribution in [0.5, 0.6) is 0 Å². The molecule has 2 aromatic rings. The second kappa shape index (κ2) is 7.91. The van der Waals surface area contributed by atoms with E-state index in [-0.39, 0.29) is 11.6 Å². The zero-order valence-corrected chi connectivity index (χ0v) is 12.3. The van der Waals surface area contributed by atoms with E-state index in [1.165, 1.54) is 24.3 Å². The minimum atomic E-state index is -0.335. The maximum absolute atomic E-state index is 12.7. The van der Waals surface area contributed by atoms with Gasteiger partial charge in [-0.1, -0.05) is 23.7 Å². The van der Waals surface area contributed by atoms with Gasteiger partial charge in [0.25, 0.3) is 0 Å². The second-order valence-electron chi connectivity index (χ2n) is 4.71. The van der Waals surface area contributed by atoms with Crippen LogP contribution in [0, 0.1) is 5.82 Å². The van der Waals surface area contributed by atoms with E-state index in [2.05, 4.69) is 0 Å². The average Bonchev–Trinajstić information content (AvgIpc) is 2.49. The summed E-state index contributed by atoms with van der Waals surface area (Å²) in [5.41, 5.74) is 1.58. The summed E-state index contributed by atoms with van der Waals surface area (Å²) in [6, 6.07) is 13.1. The molecule has 0 aliphatic carbocycles. The summed E-state index contributed by atoms with van der Waals surface area (Å²) in [6.07, 6.45) is 1.04. The van der Waals surface area contributed by atoms with Gasteiger partial charge in [-0.25, -0.2) is 4.39 Å². The molecule has 0 saturated carbocycles. The molecule has 0 aliphatic heterocycles. The molecule has 0 atom stereocenters. The van der Waals surface area contributed by atoms with Gasteiger partial charge in [0, 0.05) is 23.6 Å². The molecule has 0 unspecified atom stereocenters. The van der Waals surface area contributed by atoms with Crippen molar-refractivity contribution in [3.05, 3.63) is 70.5 Å². The van der Waals surface area contributed by atoms with Crippen LogP contribution in [0.2, 0.25) is 5.02 Å². The minimum absolute atomic E-state index is 0.00472. The number of Topliss-reactive ketones (excluding diaryl/α,β-unsaturated/α-hetero) is 1. The van der Waals surface area contributed by atoms with Crippen LogP contribution in [0.3, 0.4) is 0 Å². The Morgan fingerprint density at radius 1 is 1.05 bits per heavy atom. The van der Waals surface area contributed by atoms with Crippen LogP contribution in [0.4, 0.5) is 4.39 Å². The zero-order valence-electron chi connectivity index (χ0n) is 11.5. The highest BCUT2D eigenvalue weighted by Crippen LogP contribution is 2.11. The molecule has 0 N–H and O–H groups in total. The average molecular weight is 307 g/mol. The molecule has 0 amide bonds. The summed E-state index contributed by atoms with van der Waals surface area (Å²) in [5.74, 6) is -0.331. The van der Waals surface area contributed by atoms with Crippen molar-refractivity contribution < 1.29 is 13.9 Å². The molecule has 4 heteroatoms. The third kappa shape index (κ3) is 5.29. The summed E-state index contributed by atoms with van der Waals surface area (Å²) in [5, 5.41) is 0.698. The van der Waals surface area contributed by atoms with Crippen molar-refractivity contribution in [3.8, 4) is 0 Å². The lowest BCUT2D eigenvalue weighted by atomic mass is 10.1. The van der Waals surface area contributed by atoms with E-state index >= 15 is 0 Å². The van der Waals surface area contributed by atoms with Gasteiger partial charge in [-0.15, -0.1) is 0 Å². The highest BCUT2D eigenvalue weighted by Gasteiger charge is 2.05. The Labute approximate surface area is 128 Å². The Hall–Kier alpha value is -1.71. The number of carbonyl (C=O) groups is 1. The van der Waals surface area contributed by atoms with Crippen LogP contribution in [-0.4, -0.2) is 12.4 Å². The van der Waals surface area contributed by atoms with Crippen LogP contribution in [0.1, 0.15) is 28.8 Å². The lowest BCUT2D eigenvalue weighted by Crippen LogP contribution is -2.02. The van der Waals surface area contributed by atoms with Crippen molar-refractivity contribution >= 4 is 17.4 Å². The number of carbonyl (C=O) groups excluding carboxylic acids is 1. The van der Waals surface area contributed by atoms with E-state index in [1.807, 2.05) is 24.3 Å². The Kier molecular flexibility index (Phi) is 5.90. The molecule has 0 spiro atoms. The Balaban J connectivity index is 1.66. The number of hydrogen-bond acceptors (Lipinski definition) is 2. The van der Waals surface area contributed by atoms with Crippen molar-refractivity contribution in [3.63, 3.8) is 0 Å². The van der Waals surface area contributed by atoms with Gasteiger partial charge in [-0.3, -0.25) is 4.79 Å². The van der Waals surface area contributed by atoms with Gasteiger partial charge >= 0.3 is 0 Å². The van der Waals surface area contributed by atoms with Gasteiger partial charge in [0.1, 0.15) is 5.82 Å². The predicted octanol–water partition coefficient (Wildman–Crippen LogP) is 4.66. The van der Waals surface area contributed by atoms with Crippen LogP contribution in [0.15, 0.2) is 48.5 Å². The number of hydrogen-bond donors (Lipinski definition) is 0. The van der Waals surface area contributed by atoms with Crippen LogP contribution in [0.25, 0.3) is 0 Å². The SMILES string of the molecule is O=C(CCCOCc1ccc(Cl)cc1)c1ccc(F)cc1. The Morgan fingerprint density at radius 2 is 1.71 bits per heavy atom. The second-order valence-corrected chi connectivity index (χ2v) is 5.15. The summed E-state index contributed by atoms with van der Waals surface area (Å²) in [4.78, 5) is 11.8. The van der Waals surface area contributed by atoms with E-state index in [4.69, 9.17) is 16.3 Å². The molecule has 0 saturated heterocycles. The smallest absolute Gasteiger partial charge is 0.162 e. The minimum Gasteiger partial charge on any atom is -0.377 e. The third-order valence-electron chi connectivity index (χ3n) is 3.04. The summed E-state index contributed by atoms with van der Waals surface area (Å²) in [6.45, 7) is 1.01. The van der Waals surface area contributed by atoms with Gasteiger partial charge in [-0.2, -0.15) is 0 Å². The highest BCUT2D eigenvalue weighted by molar-refractivity contribution is 6.30. The van der Waals surface area contributed by atoms with E-state index < -0.39 is 0 Å². The summed E-state index contributed by atoms with van der Waals surface area (Å²) in [7, 11) is 0. The molecule has 2 nitrogen and oxygen atoms in total. The first kappa shape index (κ1) is 15.7. The first-order chi connectivity index (χ1) is 10.1. The maximum Gasteiger partial charge on any atom is 0.162 e. The molecule has 2 aromatic carbocycles. The molecular formula is C17H16ClFO2. The topological polar surface area (TPSA) is 26.3 Å². The van der Waals surface area contributed by atoms with Gasteiger partial charge in [0.05, 0.1) is 6.61 Å². The van der Waals surface area contributed by atoms with Crippen molar-refractivity contribution in [2.75, 3.05) is 6.61 Å². The zero-order chi connectivity index (χ0) is 15.1. The van der Waals surface area contributed by atoms with Gasteiger partial charge < -0.3 is 4.74 Å². The van der Waals surface area contributed by atoms with Gasteiger partial charge in [0.2, 0.25) is 0 Å². The molecule has 0 heterocycles. The first-order valence-corrected chi connectivity index (χ1v) is 7.14. The van der Waals surface area contributed by atoms with Crippen LogP contribution < -0.4 is 0 Å². The van der Waals surface area contributed by atoms with Gasteiger partial charge in [-0.05, 0) is 48.4 Å². The van der Waals surface area contributed by atoms with Crippen molar-refractivity contribution in [2.45, 2.75) is 19.4 Å². The molecule has 21 heavy (non-hydrogen) atoms. The van der Waals surface area contributed by atoms with Crippen molar-refractivity contribution in [1.29, 1.82) is 0 Å². The highest BCUT2D eigenvalue weighted by atomic mass is 35.5. The molecule has 110 valence electrons. The molecule has 0 bridgehead atoms. The summed E-state index contributed by atoms with van der Waals surface area (Å²) < 4.78 is 18.3. The fourth-order valence-corrected chi connectivity index (χ4v) is 2.01. The van der Waals surface area contributed by atoms with Crippen LogP contribution >= 0.6 is 11.6 Å². The molecule has 2 rings (SSSR count). The molecule has 0 fully saturated rings. The number of ketones is 1. The maximum atomic E-state index is 12.7. The molecule has 0 aliphatic rings. The lowest BCUT2D eigenvalue weighted by Gasteiger charge is -2.05. The summed E-state index contributed by atoms with van der Waals surface area (Å²) >= 11 is 5.80. The van der Waals surface area contributed by atoms with Crippen LogP contribution in [-0.2, 0) is 11.3 Å². The lowest BCUT2D eigenvalue weighted by molar-refractivity contribution is 0.0919. The van der Waals surface area contributed by atoms with E-state index in [1.54, 1.807) is 0 Å². The van der Waals surface area contributed by atoms with E-state index in [0.717, 1.165) is 5.56 Å². The third-order valence-corrected chi connectivity index (χ3v) is 3.29. The Morgan fingerprint density at radius 3 is 2.38 bits per heavy atom. The quantitative estimate of drug-likeness (QED) is 0.549. The number of halogens is 2. The largest absolute Gasteiger partial charge is 0.377 e. The standard InChI is InChI=1S/C17H16ClFO2/c18-15-7-3-13(4-8-15)12-21-11-1-2-17(20)14-5-9-16(19)10-6-14/h3-10H,1-2,11-12H2. The monoisotopic (exact) mass is 306 g/mol. The van der Waals surface area contributed by atoms with E-state index in [9.17, 15) is 9.18 Å². The Bertz CT molecular complexity index is 579. The number of benzene rings is 2. The number of rotatable bonds is 7. The van der Waals surface area contributed by atoms with Gasteiger partial charge in [0.15, 0.2) is 5.78 Å². The van der Waals surface area contributed by atoms with E-state index in [0.29, 0.717) is 36.6 Å². The first-order valence-electron chi connectivity index (χ1n) is 6.76. The predicted molar refractivity (Wildman–Crippen MR) is 81.1 cm³/mol. The fraction of sp³-hybridized carbons (Fsp3) is 0.235. The normalized spacial score (nSPS) is 10.6. The van der Waals surface area contributed by atoms with Crippen molar-refractivity contribution in [1.82, 2.24) is 0 Å². The fourth-order valence-electron chi connectivity index (χ4n) is 1.89.